The summed E-state index contributed by atoms with van der Waals surface area (Å²) in [6.07, 6.45) is 3.94. The molecule has 0 bridgehead atoms. The van der Waals surface area contributed by atoms with Crippen LogP contribution in [0.15, 0.2) is 22.8 Å². The van der Waals surface area contributed by atoms with Crippen LogP contribution < -0.4 is 4.90 Å². The number of imide groups is 1. The highest BCUT2D eigenvalue weighted by Crippen LogP contribution is 2.26. The Kier molecular flexibility index (Phi) is 3.33. The lowest BCUT2D eigenvalue weighted by Crippen LogP contribution is -2.36. The van der Waals surface area contributed by atoms with Crippen LogP contribution in [0.5, 0.6) is 0 Å². The van der Waals surface area contributed by atoms with Gasteiger partial charge in [0.1, 0.15) is 0 Å². The predicted octanol–water partition coefficient (Wildman–Crippen LogP) is 2.28. The van der Waals surface area contributed by atoms with E-state index in [-0.39, 0.29) is 11.8 Å². The third-order valence-electron chi connectivity index (χ3n) is 2.48. The van der Waals surface area contributed by atoms with Gasteiger partial charge in [0, 0.05) is 19.0 Å². The Bertz CT molecular complexity index is 416. The Morgan fingerprint density at radius 2 is 1.81 bits per heavy atom. The second-order valence-corrected chi connectivity index (χ2v) is 4.49. The number of carbonyl (C=O) groups excluding carboxylic acids is 2. The number of halogens is 1. The van der Waals surface area contributed by atoms with Crippen LogP contribution in [-0.2, 0) is 9.59 Å². The fourth-order valence-corrected chi connectivity index (χ4v) is 2.13. The zero-order chi connectivity index (χ0) is 11.5. The minimum Gasteiger partial charge on any atom is -0.274 e. The minimum absolute atomic E-state index is 0.165. The van der Waals surface area contributed by atoms with E-state index in [9.17, 15) is 9.59 Å². The lowest BCUT2D eigenvalue weighted by atomic mass is 10.2. The van der Waals surface area contributed by atoms with Crippen molar-refractivity contribution in [2.45, 2.75) is 25.7 Å². The highest BCUT2D eigenvalue weighted by atomic mass is 79.9. The van der Waals surface area contributed by atoms with E-state index in [1.807, 2.05) is 0 Å². The van der Waals surface area contributed by atoms with Crippen molar-refractivity contribution in [3.63, 3.8) is 0 Å². The summed E-state index contributed by atoms with van der Waals surface area (Å²) in [4.78, 5) is 28.9. The highest BCUT2D eigenvalue weighted by molar-refractivity contribution is 9.10. The monoisotopic (exact) mass is 282 g/mol. The molecule has 0 N–H and O–H groups in total. The van der Waals surface area contributed by atoms with Gasteiger partial charge in [0.2, 0.25) is 11.8 Å². The van der Waals surface area contributed by atoms with Crippen LogP contribution in [0.3, 0.4) is 0 Å². The van der Waals surface area contributed by atoms with Crippen molar-refractivity contribution >= 4 is 33.6 Å². The van der Waals surface area contributed by atoms with Crippen LogP contribution in [0.2, 0.25) is 0 Å². The molecule has 0 aromatic carbocycles. The fraction of sp³-hybridized carbons (Fsp3) is 0.364. The number of nitrogens with zero attached hydrogens (tertiary/aromatic N) is 2. The van der Waals surface area contributed by atoms with E-state index in [1.165, 1.54) is 4.90 Å². The van der Waals surface area contributed by atoms with Crippen LogP contribution in [0.1, 0.15) is 25.7 Å². The molecule has 1 saturated heterocycles. The van der Waals surface area contributed by atoms with Gasteiger partial charge in [-0.3, -0.25) is 9.59 Å². The van der Waals surface area contributed by atoms with E-state index >= 15 is 0 Å². The maximum Gasteiger partial charge on any atom is 0.235 e. The Morgan fingerprint density at radius 3 is 2.38 bits per heavy atom. The number of anilines is 1. The summed E-state index contributed by atoms with van der Waals surface area (Å²) in [7, 11) is 0. The first-order valence-corrected chi connectivity index (χ1v) is 5.96. The molecule has 4 nitrogen and oxygen atoms in total. The maximum atomic E-state index is 11.8. The zero-order valence-corrected chi connectivity index (χ0v) is 10.2. The molecule has 0 atom stereocenters. The van der Waals surface area contributed by atoms with Gasteiger partial charge in [-0.05, 0) is 40.9 Å². The number of carbonyl (C=O) groups is 2. The third kappa shape index (κ3) is 2.14. The Balaban J connectivity index is 2.40. The van der Waals surface area contributed by atoms with E-state index in [4.69, 9.17) is 0 Å². The van der Waals surface area contributed by atoms with Crippen LogP contribution in [-0.4, -0.2) is 16.8 Å². The van der Waals surface area contributed by atoms with Gasteiger partial charge in [-0.25, -0.2) is 9.88 Å². The number of pyridine rings is 1. The van der Waals surface area contributed by atoms with E-state index < -0.39 is 0 Å². The second-order valence-electron chi connectivity index (χ2n) is 3.64. The molecule has 84 valence electrons. The average Bonchev–Trinajstić information content (AvgIpc) is 2.42. The molecular weight excluding hydrogens is 272 g/mol. The molecule has 1 aliphatic heterocycles. The average molecular weight is 283 g/mol. The number of aromatic nitrogens is 1. The number of rotatable bonds is 1. The van der Waals surface area contributed by atoms with Crippen LogP contribution in [0.4, 0.5) is 5.82 Å². The smallest absolute Gasteiger partial charge is 0.235 e. The third-order valence-corrected chi connectivity index (χ3v) is 3.10. The summed E-state index contributed by atoms with van der Waals surface area (Å²) in [5.41, 5.74) is 0. The lowest BCUT2D eigenvalue weighted by Gasteiger charge is -2.18. The molecule has 0 unspecified atom stereocenters. The quantitative estimate of drug-likeness (QED) is 0.743. The number of amides is 2. The van der Waals surface area contributed by atoms with Crippen molar-refractivity contribution < 1.29 is 9.59 Å². The molecule has 2 amide bonds. The molecule has 1 aromatic heterocycles. The first-order valence-electron chi connectivity index (χ1n) is 5.16. The van der Waals surface area contributed by atoms with Crippen LogP contribution in [0, 0.1) is 0 Å². The van der Waals surface area contributed by atoms with Crippen molar-refractivity contribution in [3.8, 4) is 0 Å². The van der Waals surface area contributed by atoms with E-state index in [0.717, 1.165) is 12.8 Å². The van der Waals surface area contributed by atoms with E-state index in [0.29, 0.717) is 23.1 Å². The first-order chi connectivity index (χ1) is 7.70. The van der Waals surface area contributed by atoms with Crippen molar-refractivity contribution in [2.24, 2.45) is 0 Å². The molecule has 0 aliphatic carbocycles. The molecule has 0 radical (unpaired) electrons. The molecule has 16 heavy (non-hydrogen) atoms. The molecule has 2 heterocycles. The van der Waals surface area contributed by atoms with Gasteiger partial charge in [0.15, 0.2) is 5.82 Å². The van der Waals surface area contributed by atoms with Gasteiger partial charge in [-0.15, -0.1) is 0 Å². The molecule has 1 aromatic rings. The topological polar surface area (TPSA) is 50.3 Å². The minimum atomic E-state index is -0.165. The lowest BCUT2D eigenvalue weighted by molar-refractivity contribution is -0.125. The summed E-state index contributed by atoms with van der Waals surface area (Å²) in [6.45, 7) is 0. The van der Waals surface area contributed by atoms with E-state index in [1.54, 1.807) is 18.3 Å². The van der Waals surface area contributed by atoms with Crippen molar-refractivity contribution in [2.75, 3.05) is 4.90 Å². The Hall–Kier alpha value is -1.23. The second kappa shape index (κ2) is 4.74. The first kappa shape index (κ1) is 11.3. The Labute approximate surface area is 102 Å². The standard InChI is InChI=1S/C11H11BrN2O2/c12-8-4-3-7-13-11(8)14-9(15)5-1-2-6-10(14)16/h3-4,7H,1-2,5-6H2. The summed E-state index contributed by atoms with van der Waals surface area (Å²) >= 11 is 3.30. The normalized spacial score (nSPS) is 17.4. The molecule has 1 aliphatic rings. The van der Waals surface area contributed by atoms with Crippen molar-refractivity contribution in [3.05, 3.63) is 22.8 Å². The fourth-order valence-electron chi connectivity index (χ4n) is 1.69. The van der Waals surface area contributed by atoms with Gasteiger partial charge in [-0.1, -0.05) is 0 Å². The highest BCUT2D eigenvalue weighted by Gasteiger charge is 2.27. The molecule has 0 saturated carbocycles. The summed E-state index contributed by atoms with van der Waals surface area (Å²) in [5, 5.41) is 0. The van der Waals surface area contributed by atoms with Crippen LogP contribution >= 0.6 is 15.9 Å². The summed E-state index contributed by atoms with van der Waals surface area (Å²) < 4.78 is 0.665. The number of hydrogen-bond donors (Lipinski definition) is 0. The van der Waals surface area contributed by atoms with E-state index in [2.05, 4.69) is 20.9 Å². The van der Waals surface area contributed by atoms with Gasteiger partial charge >= 0.3 is 0 Å². The molecule has 1 fully saturated rings. The zero-order valence-electron chi connectivity index (χ0n) is 8.65. The largest absolute Gasteiger partial charge is 0.274 e. The van der Waals surface area contributed by atoms with Crippen molar-refractivity contribution in [1.29, 1.82) is 0 Å². The SMILES string of the molecule is O=C1CCCCC(=O)N1c1ncccc1Br. The van der Waals surface area contributed by atoms with Gasteiger partial charge in [-0.2, -0.15) is 0 Å². The predicted molar refractivity (Wildman–Crippen MR) is 62.9 cm³/mol. The molecule has 5 heteroatoms. The van der Waals surface area contributed by atoms with Crippen LogP contribution in [0.25, 0.3) is 0 Å². The number of hydrogen-bond acceptors (Lipinski definition) is 3. The van der Waals surface area contributed by atoms with Gasteiger partial charge < -0.3 is 0 Å². The van der Waals surface area contributed by atoms with Crippen molar-refractivity contribution in [1.82, 2.24) is 4.98 Å². The van der Waals surface area contributed by atoms with Gasteiger partial charge in [0.25, 0.3) is 0 Å². The molecule has 2 rings (SSSR count). The van der Waals surface area contributed by atoms with Gasteiger partial charge in [0.05, 0.1) is 4.47 Å². The maximum absolute atomic E-state index is 11.8. The Morgan fingerprint density at radius 1 is 1.19 bits per heavy atom. The summed E-state index contributed by atoms with van der Waals surface area (Å²) in [5.74, 6) is 0.0724. The molecular formula is C11H11BrN2O2. The molecule has 0 spiro atoms. The summed E-state index contributed by atoms with van der Waals surface area (Å²) in [6, 6.07) is 3.52.